The van der Waals surface area contributed by atoms with Crippen molar-refractivity contribution >= 4 is 11.9 Å². The number of rotatable bonds is 6. The molecule has 1 N–H and O–H groups in total. The number of carbonyl (C=O) groups excluding carboxylic acids is 1. The van der Waals surface area contributed by atoms with Gasteiger partial charge in [-0.1, -0.05) is 31.2 Å². The lowest BCUT2D eigenvalue weighted by Gasteiger charge is -2.32. The van der Waals surface area contributed by atoms with Crippen LogP contribution < -0.4 is 0 Å². The van der Waals surface area contributed by atoms with Crippen molar-refractivity contribution in [3.05, 3.63) is 35.4 Å². The summed E-state index contributed by atoms with van der Waals surface area (Å²) in [6.45, 7) is 3.45. The number of benzene rings is 1. The van der Waals surface area contributed by atoms with E-state index in [-0.39, 0.29) is 18.4 Å². The van der Waals surface area contributed by atoms with Crippen molar-refractivity contribution in [2.45, 2.75) is 38.7 Å². The molecule has 1 heterocycles. The van der Waals surface area contributed by atoms with Gasteiger partial charge in [-0.15, -0.1) is 0 Å². The number of carboxylic acid groups (broad SMARTS) is 1. The fraction of sp³-hybridized carbons (Fsp3) is 0.529. The van der Waals surface area contributed by atoms with Crippen LogP contribution >= 0.6 is 0 Å². The van der Waals surface area contributed by atoms with Gasteiger partial charge in [0.2, 0.25) is 5.91 Å². The van der Waals surface area contributed by atoms with E-state index in [1.807, 2.05) is 0 Å². The molecular weight excluding hydrogens is 282 g/mol. The number of ether oxygens (including phenoxy) is 1. The van der Waals surface area contributed by atoms with Gasteiger partial charge in [0.1, 0.15) is 0 Å². The van der Waals surface area contributed by atoms with Crippen molar-refractivity contribution in [1.82, 2.24) is 4.90 Å². The average Bonchev–Trinajstić information content (AvgIpc) is 2.52. The van der Waals surface area contributed by atoms with Gasteiger partial charge < -0.3 is 14.7 Å². The second-order valence-corrected chi connectivity index (χ2v) is 5.60. The Balaban J connectivity index is 1.81. The van der Waals surface area contributed by atoms with E-state index in [4.69, 9.17) is 9.84 Å². The SMILES string of the molecule is CCc1ccc(CCC(=O)N2CCOC(CC(=O)O)C2)cc1. The topological polar surface area (TPSA) is 66.8 Å². The molecule has 5 heteroatoms. The molecular formula is C17H23NO4. The predicted molar refractivity (Wildman–Crippen MR) is 82.7 cm³/mol. The molecule has 0 aromatic heterocycles. The zero-order valence-electron chi connectivity index (χ0n) is 13.0. The quantitative estimate of drug-likeness (QED) is 0.871. The molecule has 5 nitrogen and oxygen atoms in total. The molecule has 1 aliphatic rings. The van der Waals surface area contributed by atoms with E-state index >= 15 is 0 Å². The van der Waals surface area contributed by atoms with Crippen LogP contribution in [0.25, 0.3) is 0 Å². The minimum Gasteiger partial charge on any atom is -0.481 e. The fourth-order valence-electron chi connectivity index (χ4n) is 2.62. The van der Waals surface area contributed by atoms with E-state index in [2.05, 4.69) is 31.2 Å². The summed E-state index contributed by atoms with van der Waals surface area (Å²) >= 11 is 0. The second kappa shape index (κ2) is 7.94. The van der Waals surface area contributed by atoms with Gasteiger partial charge in [-0.2, -0.15) is 0 Å². The zero-order chi connectivity index (χ0) is 15.9. The molecule has 1 aromatic rings. The van der Waals surface area contributed by atoms with E-state index < -0.39 is 5.97 Å². The van der Waals surface area contributed by atoms with E-state index in [1.165, 1.54) is 5.56 Å². The smallest absolute Gasteiger partial charge is 0.306 e. The van der Waals surface area contributed by atoms with Gasteiger partial charge in [0.25, 0.3) is 0 Å². The molecule has 2 rings (SSSR count). The molecule has 22 heavy (non-hydrogen) atoms. The predicted octanol–water partition coefficient (Wildman–Crippen LogP) is 1.88. The lowest BCUT2D eigenvalue weighted by molar-refractivity contribution is -0.147. The molecule has 1 atom stereocenters. The molecule has 0 spiro atoms. The third kappa shape index (κ3) is 4.84. The van der Waals surface area contributed by atoms with Gasteiger partial charge in [-0.05, 0) is 24.0 Å². The fourth-order valence-corrected chi connectivity index (χ4v) is 2.62. The van der Waals surface area contributed by atoms with Crippen molar-refractivity contribution in [2.24, 2.45) is 0 Å². The lowest BCUT2D eigenvalue weighted by Crippen LogP contribution is -2.46. The average molecular weight is 305 g/mol. The number of nitrogens with zero attached hydrogens (tertiary/aromatic N) is 1. The van der Waals surface area contributed by atoms with Gasteiger partial charge in [-0.3, -0.25) is 9.59 Å². The summed E-state index contributed by atoms with van der Waals surface area (Å²) in [5.41, 5.74) is 2.45. The van der Waals surface area contributed by atoms with Crippen molar-refractivity contribution in [2.75, 3.05) is 19.7 Å². The maximum absolute atomic E-state index is 12.2. The highest BCUT2D eigenvalue weighted by atomic mass is 16.5. The van der Waals surface area contributed by atoms with E-state index in [0.29, 0.717) is 32.5 Å². The van der Waals surface area contributed by atoms with Gasteiger partial charge >= 0.3 is 5.97 Å². The van der Waals surface area contributed by atoms with Crippen LogP contribution in [-0.4, -0.2) is 47.7 Å². The molecule has 1 fully saturated rings. The molecule has 1 aromatic carbocycles. The maximum Gasteiger partial charge on any atom is 0.306 e. The summed E-state index contributed by atoms with van der Waals surface area (Å²) in [7, 11) is 0. The third-order valence-electron chi connectivity index (χ3n) is 3.95. The first-order valence-electron chi connectivity index (χ1n) is 7.77. The first-order chi connectivity index (χ1) is 10.6. The third-order valence-corrected chi connectivity index (χ3v) is 3.95. The maximum atomic E-state index is 12.2. The molecule has 0 aliphatic carbocycles. The van der Waals surface area contributed by atoms with Crippen molar-refractivity contribution in [3.8, 4) is 0 Å². The Morgan fingerprint density at radius 3 is 2.59 bits per heavy atom. The normalized spacial score (nSPS) is 18.2. The van der Waals surface area contributed by atoms with Crippen LogP contribution in [0.5, 0.6) is 0 Å². The molecule has 1 unspecified atom stereocenters. The summed E-state index contributed by atoms with van der Waals surface area (Å²) < 4.78 is 5.38. The van der Waals surface area contributed by atoms with E-state index in [0.717, 1.165) is 12.0 Å². The number of morpholine rings is 1. The van der Waals surface area contributed by atoms with Gasteiger partial charge in [0, 0.05) is 19.5 Å². The monoisotopic (exact) mass is 305 g/mol. The first-order valence-corrected chi connectivity index (χ1v) is 7.77. The summed E-state index contributed by atoms with van der Waals surface area (Å²) in [5, 5.41) is 8.80. The number of carboxylic acids is 1. The molecule has 0 saturated carbocycles. The molecule has 1 amide bonds. The Kier molecular flexibility index (Phi) is 5.95. The minimum absolute atomic E-state index is 0.0533. The van der Waals surface area contributed by atoms with Gasteiger partial charge in [0.05, 0.1) is 19.1 Å². The highest BCUT2D eigenvalue weighted by Crippen LogP contribution is 2.12. The number of hydrogen-bond acceptors (Lipinski definition) is 3. The molecule has 1 aliphatic heterocycles. The van der Waals surface area contributed by atoms with Crippen LogP contribution in [0.1, 0.15) is 30.9 Å². The lowest BCUT2D eigenvalue weighted by atomic mass is 10.1. The largest absolute Gasteiger partial charge is 0.481 e. The summed E-state index contributed by atoms with van der Waals surface area (Å²) in [5.74, 6) is -0.825. The van der Waals surface area contributed by atoms with Crippen LogP contribution in [0.3, 0.4) is 0 Å². The van der Waals surface area contributed by atoms with Crippen LogP contribution in [0.4, 0.5) is 0 Å². The van der Waals surface area contributed by atoms with Crippen LogP contribution in [0, 0.1) is 0 Å². The summed E-state index contributed by atoms with van der Waals surface area (Å²) in [6.07, 6.45) is 1.73. The summed E-state index contributed by atoms with van der Waals surface area (Å²) in [6, 6.07) is 8.33. The molecule has 0 bridgehead atoms. The van der Waals surface area contributed by atoms with E-state index in [1.54, 1.807) is 4.90 Å². The number of aliphatic carboxylic acids is 1. The molecule has 120 valence electrons. The number of carbonyl (C=O) groups is 2. The second-order valence-electron chi connectivity index (χ2n) is 5.60. The number of amides is 1. The van der Waals surface area contributed by atoms with Gasteiger partial charge in [-0.25, -0.2) is 0 Å². The van der Waals surface area contributed by atoms with E-state index in [9.17, 15) is 9.59 Å². The Labute approximate surface area is 130 Å². The first kappa shape index (κ1) is 16.5. The number of aryl methyl sites for hydroxylation is 2. The van der Waals surface area contributed by atoms with Crippen molar-refractivity contribution in [3.63, 3.8) is 0 Å². The number of hydrogen-bond donors (Lipinski definition) is 1. The standard InChI is InChI=1S/C17H23NO4/c1-2-13-3-5-14(6-4-13)7-8-16(19)18-9-10-22-15(12-18)11-17(20)21/h3-6,15H,2,7-12H2,1H3,(H,20,21). The van der Waals surface area contributed by atoms with Crippen molar-refractivity contribution < 1.29 is 19.4 Å². The van der Waals surface area contributed by atoms with Crippen LogP contribution in [-0.2, 0) is 27.2 Å². The highest BCUT2D eigenvalue weighted by Gasteiger charge is 2.25. The Bertz CT molecular complexity index is 512. The van der Waals surface area contributed by atoms with Crippen LogP contribution in [0.15, 0.2) is 24.3 Å². The molecule has 1 saturated heterocycles. The zero-order valence-corrected chi connectivity index (χ0v) is 13.0. The summed E-state index contributed by atoms with van der Waals surface area (Å²) in [4.78, 5) is 24.7. The van der Waals surface area contributed by atoms with Crippen molar-refractivity contribution in [1.29, 1.82) is 0 Å². The Hall–Kier alpha value is -1.88. The minimum atomic E-state index is -0.893. The van der Waals surface area contributed by atoms with Gasteiger partial charge in [0.15, 0.2) is 0 Å². The Morgan fingerprint density at radius 1 is 1.27 bits per heavy atom. The highest BCUT2D eigenvalue weighted by molar-refractivity contribution is 5.76. The molecule has 0 radical (unpaired) electrons. The Morgan fingerprint density at radius 2 is 1.95 bits per heavy atom. The van der Waals surface area contributed by atoms with Crippen LogP contribution in [0.2, 0.25) is 0 Å².